The van der Waals surface area contributed by atoms with Crippen LogP contribution in [0.4, 0.5) is 0 Å². The van der Waals surface area contributed by atoms with Crippen LogP contribution in [0.2, 0.25) is 0 Å². The summed E-state index contributed by atoms with van der Waals surface area (Å²) in [7, 11) is 0. The molecule has 0 unspecified atom stereocenters. The summed E-state index contributed by atoms with van der Waals surface area (Å²) in [5.74, 6) is 0.513. The molecule has 0 aromatic heterocycles. The van der Waals surface area contributed by atoms with Crippen LogP contribution in [0, 0.1) is 5.88 Å². The fourth-order valence-electron chi connectivity index (χ4n) is 0.679. The molecular weight excluding hydrogens is 140 g/mol. The molecule has 1 radical (unpaired) electrons. The van der Waals surface area contributed by atoms with E-state index in [1.807, 2.05) is 0 Å². The molecule has 0 atom stereocenters. The lowest BCUT2D eigenvalue weighted by atomic mass is 9.96. The monoisotopic (exact) mass is 147 g/mol. The van der Waals surface area contributed by atoms with Crippen LogP contribution in [-0.2, 0) is 9.53 Å². The number of carbonyl (C=O) groups excluding carboxylic acids is 1. The van der Waals surface area contributed by atoms with Crippen LogP contribution in [-0.4, -0.2) is 12.1 Å². The fraction of sp³-hybridized carbons (Fsp3) is 0.667. The lowest BCUT2D eigenvalue weighted by Gasteiger charge is -2.24. The Hall–Kier alpha value is -0.240. The average Bonchev–Trinajstić information content (AvgIpc) is 1.78. The van der Waals surface area contributed by atoms with Gasteiger partial charge in [0.2, 0.25) is 0 Å². The number of rotatable bonds is 2. The van der Waals surface area contributed by atoms with Gasteiger partial charge in [0, 0.05) is 0 Å². The number of esters is 1. The van der Waals surface area contributed by atoms with Gasteiger partial charge in [-0.05, 0) is 19.3 Å². The van der Waals surface area contributed by atoms with Gasteiger partial charge in [-0.25, -0.2) is 0 Å². The summed E-state index contributed by atoms with van der Waals surface area (Å²) in [5, 5.41) is 0. The molecule has 0 aromatic carbocycles. The quantitative estimate of drug-likeness (QED) is 0.553. The minimum Gasteiger partial charge on any atom is -0.461 e. The Morgan fingerprint density at radius 2 is 2.33 bits per heavy atom. The number of halogens is 1. The van der Waals surface area contributed by atoms with Crippen molar-refractivity contribution in [2.75, 3.05) is 0 Å². The van der Waals surface area contributed by atoms with Crippen LogP contribution in [0.5, 0.6) is 0 Å². The first kappa shape index (κ1) is 6.87. The predicted octanol–water partition coefficient (Wildman–Crippen LogP) is 1.48. The third-order valence-electron chi connectivity index (χ3n) is 1.42. The van der Waals surface area contributed by atoms with E-state index in [9.17, 15) is 4.79 Å². The highest BCUT2D eigenvalue weighted by Gasteiger charge is 2.20. The van der Waals surface area contributed by atoms with E-state index in [2.05, 4.69) is 0 Å². The topological polar surface area (TPSA) is 26.3 Å². The highest BCUT2D eigenvalue weighted by molar-refractivity contribution is 6.33. The van der Waals surface area contributed by atoms with E-state index >= 15 is 0 Å². The van der Waals surface area contributed by atoms with Crippen LogP contribution < -0.4 is 0 Å². The second-order valence-corrected chi connectivity index (χ2v) is 2.32. The van der Waals surface area contributed by atoms with E-state index in [4.69, 9.17) is 16.3 Å². The molecule has 2 nitrogen and oxygen atoms in total. The van der Waals surface area contributed by atoms with Crippen LogP contribution in [0.15, 0.2) is 0 Å². The normalized spacial score (nSPS) is 18.8. The lowest BCUT2D eigenvalue weighted by molar-refractivity contribution is -0.147. The van der Waals surface area contributed by atoms with Crippen molar-refractivity contribution in [2.24, 2.45) is 0 Å². The molecule has 0 saturated heterocycles. The number of hydrogen-bond acceptors (Lipinski definition) is 2. The van der Waals surface area contributed by atoms with Crippen molar-refractivity contribution in [3.63, 3.8) is 0 Å². The van der Waals surface area contributed by atoms with Gasteiger partial charge in [-0.15, -0.1) is 11.6 Å². The van der Waals surface area contributed by atoms with Crippen LogP contribution >= 0.6 is 11.6 Å². The zero-order valence-corrected chi connectivity index (χ0v) is 5.73. The van der Waals surface area contributed by atoms with Crippen molar-refractivity contribution in [3.8, 4) is 0 Å². The molecule has 0 N–H and O–H groups in total. The Kier molecular flexibility index (Phi) is 2.34. The van der Waals surface area contributed by atoms with Gasteiger partial charge < -0.3 is 4.74 Å². The van der Waals surface area contributed by atoms with Gasteiger partial charge in [0.25, 0.3) is 0 Å². The molecular formula is C6H8ClO2. The molecule has 0 aromatic rings. The lowest BCUT2D eigenvalue weighted by Crippen LogP contribution is -2.24. The first-order valence-electron chi connectivity index (χ1n) is 2.97. The Labute approximate surface area is 59.1 Å². The van der Waals surface area contributed by atoms with Crippen molar-refractivity contribution in [1.29, 1.82) is 0 Å². The maximum atomic E-state index is 10.4. The van der Waals surface area contributed by atoms with Gasteiger partial charge in [-0.1, -0.05) is 0 Å². The summed E-state index contributed by atoms with van der Waals surface area (Å²) in [6, 6.07) is 0. The van der Waals surface area contributed by atoms with Gasteiger partial charge in [-0.3, -0.25) is 4.79 Å². The van der Waals surface area contributed by atoms with Crippen molar-refractivity contribution in [1.82, 2.24) is 0 Å². The van der Waals surface area contributed by atoms with E-state index in [0.717, 1.165) is 18.7 Å². The maximum Gasteiger partial charge on any atom is 0.326 e. The zero-order chi connectivity index (χ0) is 6.69. The molecule has 3 heteroatoms. The standard InChI is InChI=1S/C6H8ClO2/c7-4-6(8)9-5-2-1-3-5/h4-5H,1-3H2. The van der Waals surface area contributed by atoms with Gasteiger partial charge >= 0.3 is 5.97 Å². The molecule has 0 amide bonds. The summed E-state index contributed by atoms with van der Waals surface area (Å²) in [6.07, 6.45) is 3.31. The van der Waals surface area contributed by atoms with Gasteiger partial charge in [-0.2, -0.15) is 0 Å². The molecule has 1 rings (SSSR count). The first-order chi connectivity index (χ1) is 4.33. The van der Waals surface area contributed by atoms with Crippen molar-refractivity contribution < 1.29 is 9.53 Å². The summed E-state index contributed by atoms with van der Waals surface area (Å²) >= 11 is 5.08. The van der Waals surface area contributed by atoms with E-state index in [0.29, 0.717) is 0 Å². The molecule has 0 heterocycles. The largest absolute Gasteiger partial charge is 0.461 e. The van der Waals surface area contributed by atoms with Gasteiger partial charge in [0.05, 0.1) is 0 Å². The number of carbonyl (C=O) groups is 1. The first-order valence-corrected chi connectivity index (χ1v) is 3.40. The van der Waals surface area contributed by atoms with Crippen molar-refractivity contribution in [2.45, 2.75) is 25.4 Å². The molecule has 1 aliphatic carbocycles. The van der Waals surface area contributed by atoms with Crippen molar-refractivity contribution >= 4 is 17.6 Å². The summed E-state index contributed by atoms with van der Waals surface area (Å²) < 4.78 is 4.81. The number of ether oxygens (including phenoxy) is 1. The highest BCUT2D eigenvalue weighted by Crippen LogP contribution is 2.22. The number of hydrogen-bond donors (Lipinski definition) is 0. The molecule has 1 saturated carbocycles. The molecule has 51 valence electrons. The Morgan fingerprint density at radius 3 is 2.67 bits per heavy atom. The van der Waals surface area contributed by atoms with E-state index in [1.165, 1.54) is 6.42 Å². The second-order valence-electron chi connectivity index (χ2n) is 2.10. The summed E-state index contributed by atoms with van der Waals surface area (Å²) in [5.41, 5.74) is 0. The Balaban J connectivity index is 2.09. The smallest absolute Gasteiger partial charge is 0.326 e. The molecule has 0 bridgehead atoms. The minimum atomic E-state index is -0.415. The van der Waals surface area contributed by atoms with E-state index in [-0.39, 0.29) is 6.10 Å². The van der Waals surface area contributed by atoms with E-state index < -0.39 is 5.97 Å². The maximum absolute atomic E-state index is 10.4. The van der Waals surface area contributed by atoms with Crippen LogP contribution in [0.25, 0.3) is 0 Å². The summed E-state index contributed by atoms with van der Waals surface area (Å²) in [4.78, 5) is 10.4. The van der Waals surface area contributed by atoms with Crippen LogP contribution in [0.3, 0.4) is 0 Å². The predicted molar refractivity (Wildman–Crippen MR) is 33.9 cm³/mol. The average molecular weight is 148 g/mol. The minimum absolute atomic E-state index is 0.146. The Bertz CT molecular complexity index is 110. The third kappa shape index (κ3) is 1.86. The van der Waals surface area contributed by atoms with Gasteiger partial charge in [0.1, 0.15) is 6.10 Å². The second kappa shape index (κ2) is 3.06. The molecule has 1 fully saturated rings. The Morgan fingerprint density at radius 1 is 1.67 bits per heavy atom. The van der Waals surface area contributed by atoms with E-state index in [1.54, 1.807) is 0 Å². The van der Waals surface area contributed by atoms with Crippen LogP contribution in [0.1, 0.15) is 19.3 Å². The molecule has 9 heavy (non-hydrogen) atoms. The highest BCUT2D eigenvalue weighted by atomic mass is 35.5. The summed E-state index contributed by atoms with van der Waals surface area (Å²) in [6.45, 7) is 0. The molecule has 0 spiro atoms. The molecule has 1 aliphatic rings. The van der Waals surface area contributed by atoms with Crippen molar-refractivity contribution in [3.05, 3.63) is 5.88 Å². The zero-order valence-electron chi connectivity index (χ0n) is 4.97. The molecule has 0 aliphatic heterocycles. The SMILES string of the molecule is O=C([CH]Cl)OC1CCC1. The van der Waals surface area contributed by atoms with Gasteiger partial charge in [0.15, 0.2) is 5.88 Å². The fourth-order valence-corrected chi connectivity index (χ4v) is 0.730. The third-order valence-corrected chi connectivity index (χ3v) is 1.60.